The summed E-state index contributed by atoms with van der Waals surface area (Å²) in [7, 11) is 0. The second-order valence-electron chi connectivity index (χ2n) is 6.96. The summed E-state index contributed by atoms with van der Waals surface area (Å²) in [6.45, 7) is 4.30. The summed E-state index contributed by atoms with van der Waals surface area (Å²) < 4.78 is 11.7. The van der Waals surface area contributed by atoms with Gasteiger partial charge in [-0.15, -0.1) is 43.1 Å². The Morgan fingerprint density at radius 3 is 2.86 bits per heavy atom. The predicted molar refractivity (Wildman–Crippen MR) is 111 cm³/mol. The van der Waals surface area contributed by atoms with Crippen molar-refractivity contribution in [2.45, 2.75) is 43.6 Å². The van der Waals surface area contributed by atoms with Crippen molar-refractivity contribution in [1.82, 2.24) is 20.4 Å². The van der Waals surface area contributed by atoms with Crippen molar-refractivity contribution in [3.05, 3.63) is 39.9 Å². The second kappa shape index (κ2) is 7.46. The number of nitrogens with zero attached hydrogens (tertiary/aromatic N) is 4. The highest BCUT2D eigenvalue weighted by molar-refractivity contribution is 7.99. The summed E-state index contributed by atoms with van der Waals surface area (Å²) in [5.74, 6) is 2.43. The maximum atomic E-state index is 5.91. The van der Waals surface area contributed by atoms with E-state index < -0.39 is 0 Å². The highest BCUT2D eigenvalue weighted by Crippen LogP contribution is 2.39. The Morgan fingerprint density at radius 2 is 2.00 bits per heavy atom. The molecule has 0 spiro atoms. The van der Waals surface area contributed by atoms with Gasteiger partial charge in [-0.3, -0.25) is 0 Å². The van der Waals surface area contributed by atoms with Crippen LogP contribution in [0.15, 0.2) is 37.6 Å². The molecular weight excluding hydrogens is 412 g/mol. The zero-order valence-corrected chi connectivity index (χ0v) is 17.9. The van der Waals surface area contributed by atoms with Gasteiger partial charge in [-0.2, -0.15) is 0 Å². The van der Waals surface area contributed by atoms with E-state index >= 15 is 0 Å². The smallest absolute Gasteiger partial charge is 0.277 e. The molecule has 2 unspecified atom stereocenters. The lowest BCUT2D eigenvalue weighted by atomic mass is 9.90. The van der Waals surface area contributed by atoms with Gasteiger partial charge < -0.3 is 8.83 Å². The summed E-state index contributed by atoms with van der Waals surface area (Å²) in [5, 5.41) is 19.2. The average molecular weight is 431 g/mol. The first kappa shape index (κ1) is 18.1. The molecule has 4 aromatic heterocycles. The molecule has 0 saturated heterocycles. The first-order valence-corrected chi connectivity index (χ1v) is 11.7. The molecule has 4 aromatic rings. The van der Waals surface area contributed by atoms with E-state index in [4.69, 9.17) is 8.83 Å². The predicted octanol–water partition coefficient (Wildman–Crippen LogP) is 5.89. The number of hydrogen-bond donors (Lipinski definition) is 0. The largest absolute Gasteiger partial charge is 0.419 e. The van der Waals surface area contributed by atoms with Crippen molar-refractivity contribution in [1.29, 1.82) is 0 Å². The van der Waals surface area contributed by atoms with E-state index in [0.29, 0.717) is 22.9 Å². The van der Waals surface area contributed by atoms with E-state index in [2.05, 4.69) is 33.4 Å². The molecule has 0 fully saturated rings. The average Bonchev–Trinajstić information content (AvgIpc) is 3.45. The molecule has 0 aliphatic heterocycles. The molecule has 1 aliphatic carbocycles. The van der Waals surface area contributed by atoms with Crippen molar-refractivity contribution >= 4 is 34.4 Å². The lowest BCUT2D eigenvalue weighted by molar-refractivity contribution is 0.462. The zero-order valence-electron chi connectivity index (χ0n) is 15.4. The van der Waals surface area contributed by atoms with Crippen LogP contribution < -0.4 is 0 Å². The van der Waals surface area contributed by atoms with Crippen molar-refractivity contribution in [3.63, 3.8) is 0 Å². The standard InChI is InChI=1S/C19H18N4O2S3/c1-10-5-6-13-12(8-10)9-15(28-13)18-22-23-19(25-18)27-11(2)16-20-21-17(24-16)14-4-3-7-26-14/h3-4,7,9-11H,5-6,8H2,1-2H3. The van der Waals surface area contributed by atoms with Crippen molar-refractivity contribution in [3.8, 4) is 21.5 Å². The van der Waals surface area contributed by atoms with Gasteiger partial charge in [0.25, 0.3) is 17.0 Å². The van der Waals surface area contributed by atoms with Gasteiger partial charge in [-0.1, -0.05) is 24.8 Å². The first-order chi connectivity index (χ1) is 13.7. The van der Waals surface area contributed by atoms with Gasteiger partial charge in [0.15, 0.2) is 0 Å². The zero-order chi connectivity index (χ0) is 19.1. The lowest BCUT2D eigenvalue weighted by Crippen LogP contribution is -2.07. The third kappa shape index (κ3) is 3.54. The molecule has 0 N–H and O–H groups in total. The fourth-order valence-electron chi connectivity index (χ4n) is 3.27. The van der Waals surface area contributed by atoms with Crippen LogP contribution in [0.1, 0.15) is 41.8 Å². The molecule has 0 bridgehead atoms. The lowest BCUT2D eigenvalue weighted by Gasteiger charge is -2.16. The monoisotopic (exact) mass is 430 g/mol. The van der Waals surface area contributed by atoms with Crippen LogP contribution in [0, 0.1) is 5.92 Å². The normalized spacial score (nSPS) is 17.6. The van der Waals surface area contributed by atoms with E-state index in [1.165, 1.54) is 28.6 Å². The van der Waals surface area contributed by atoms with Crippen LogP contribution in [0.3, 0.4) is 0 Å². The fraction of sp³-hybridized carbons (Fsp3) is 0.368. The van der Waals surface area contributed by atoms with Crippen LogP contribution in [-0.4, -0.2) is 20.4 Å². The Kier molecular flexibility index (Phi) is 4.82. The fourth-order valence-corrected chi connectivity index (χ4v) is 5.76. The number of aromatic nitrogens is 4. The Balaban J connectivity index is 1.30. The molecular formula is C19H18N4O2S3. The number of thioether (sulfide) groups is 1. The number of thiophene rings is 2. The summed E-state index contributed by atoms with van der Waals surface area (Å²) >= 11 is 4.78. The highest BCUT2D eigenvalue weighted by Gasteiger charge is 2.23. The molecule has 144 valence electrons. The Labute approximate surface area is 174 Å². The molecule has 9 heteroatoms. The van der Waals surface area contributed by atoms with Gasteiger partial charge >= 0.3 is 0 Å². The SMILES string of the molecule is CC1CCc2sc(-c3nnc(SC(C)c4nnc(-c5cccs5)o4)o3)cc2C1. The number of rotatable bonds is 5. The quantitative estimate of drug-likeness (QED) is 0.365. The number of fused-ring (bicyclic) bond motifs is 1. The topological polar surface area (TPSA) is 77.8 Å². The maximum Gasteiger partial charge on any atom is 0.277 e. The van der Waals surface area contributed by atoms with Crippen molar-refractivity contribution < 1.29 is 8.83 Å². The van der Waals surface area contributed by atoms with Crippen LogP contribution in [0.4, 0.5) is 0 Å². The van der Waals surface area contributed by atoms with E-state index in [1.807, 2.05) is 24.4 Å². The molecule has 4 heterocycles. The Bertz CT molecular complexity index is 1080. The van der Waals surface area contributed by atoms with Crippen LogP contribution in [0.25, 0.3) is 21.5 Å². The van der Waals surface area contributed by atoms with Crippen LogP contribution in [0.5, 0.6) is 0 Å². The minimum Gasteiger partial charge on any atom is -0.419 e. The van der Waals surface area contributed by atoms with Crippen LogP contribution in [-0.2, 0) is 12.8 Å². The van der Waals surface area contributed by atoms with Crippen molar-refractivity contribution in [2.24, 2.45) is 5.92 Å². The van der Waals surface area contributed by atoms with E-state index in [0.717, 1.165) is 28.5 Å². The van der Waals surface area contributed by atoms with Gasteiger partial charge in [-0.25, -0.2) is 0 Å². The molecule has 6 nitrogen and oxygen atoms in total. The Morgan fingerprint density at radius 1 is 1.14 bits per heavy atom. The molecule has 28 heavy (non-hydrogen) atoms. The minimum absolute atomic E-state index is 0.0769. The summed E-state index contributed by atoms with van der Waals surface area (Å²) in [6.07, 6.45) is 3.55. The molecule has 2 atom stereocenters. The van der Waals surface area contributed by atoms with E-state index in [9.17, 15) is 0 Å². The van der Waals surface area contributed by atoms with Crippen LogP contribution in [0.2, 0.25) is 0 Å². The van der Waals surface area contributed by atoms with Gasteiger partial charge in [0.1, 0.15) is 0 Å². The molecule has 0 radical (unpaired) electrons. The number of aryl methyl sites for hydroxylation is 1. The molecule has 1 aliphatic rings. The summed E-state index contributed by atoms with van der Waals surface area (Å²) in [4.78, 5) is 3.48. The highest BCUT2D eigenvalue weighted by atomic mass is 32.2. The summed E-state index contributed by atoms with van der Waals surface area (Å²) in [6, 6.07) is 6.14. The summed E-state index contributed by atoms with van der Waals surface area (Å²) in [5.41, 5.74) is 1.44. The van der Waals surface area contributed by atoms with E-state index in [1.54, 1.807) is 22.7 Å². The van der Waals surface area contributed by atoms with Crippen molar-refractivity contribution in [2.75, 3.05) is 0 Å². The molecule has 0 aromatic carbocycles. The number of hydrogen-bond acceptors (Lipinski definition) is 9. The van der Waals surface area contributed by atoms with Gasteiger partial charge in [0.05, 0.1) is 15.0 Å². The second-order valence-corrected chi connectivity index (χ2v) is 10.3. The van der Waals surface area contributed by atoms with Gasteiger partial charge in [0.2, 0.25) is 5.89 Å². The van der Waals surface area contributed by atoms with Gasteiger partial charge in [-0.05, 0) is 55.2 Å². The van der Waals surface area contributed by atoms with Gasteiger partial charge in [0, 0.05) is 4.88 Å². The molecule has 0 saturated carbocycles. The molecule has 5 rings (SSSR count). The Hall–Kier alpha value is -1.97. The maximum absolute atomic E-state index is 5.91. The third-order valence-corrected chi connectivity index (χ3v) is 7.75. The third-order valence-electron chi connectivity index (χ3n) is 4.74. The first-order valence-electron chi connectivity index (χ1n) is 9.15. The molecule has 0 amide bonds. The van der Waals surface area contributed by atoms with E-state index in [-0.39, 0.29) is 5.25 Å². The minimum atomic E-state index is -0.0769. The van der Waals surface area contributed by atoms with Crippen LogP contribution >= 0.6 is 34.4 Å².